The fourth-order valence-electron chi connectivity index (χ4n) is 1.42. The molecule has 0 aliphatic heterocycles. The Balaban J connectivity index is 2.82. The summed E-state index contributed by atoms with van der Waals surface area (Å²) in [6.45, 7) is 0. The van der Waals surface area contributed by atoms with E-state index in [2.05, 4.69) is 0 Å². The number of carbonyl (C=O) groups is 1. The van der Waals surface area contributed by atoms with E-state index in [-0.39, 0.29) is 0 Å². The average molecular weight is 223 g/mol. The molecule has 0 radical (unpaired) electrons. The second-order valence-electron chi connectivity index (χ2n) is 2.87. The van der Waals surface area contributed by atoms with Crippen LogP contribution >= 0.6 is 23.1 Å². The Hall–Kier alpha value is -1.00. The summed E-state index contributed by atoms with van der Waals surface area (Å²) in [6.07, 6.45) is 2.87. The maximum atomic E-state index is 11.0. The number of nitrogens with two attached hydrogens (primary N) is 1. The minimum Gasteiger partial charge on any atom is -0.391 e. The van der Waals surface area contributed by atoms with E-state index in [9.17, 15) is 4.79 Å². The van der Waals surface area contributed by atoms with Crippen molar-refractivity contribution in [3.05, 3.63) is 23.8 Å². The number of rotatable bonds is 2. The number of hydrogen-bond donors (Lipinski definition) is 1. The highest BCUT2D eigenvalue weighted by Gasteiger charge is 2.08. The summed E-state index contributed by atoms with van der Waals surface area (Å²) in [6, 6.07) is 5.86. The number of carbonyl (C=O) groups excluding carboxylic acids is 1. The van der Waals surface area contributed by atoms with Crippen LogP contribution < -0.4 is 5.73 Å². The van der Waals surface area contributed by atoms with Crippen molar-refractivity contribution in [1.29, 1.82) is 0 Å². The Morgan fingerprint density at radius 3 is 2.93 bits per heavy atom. The van der Waals surface area contributed by atoms with Crippen LogP contribution in [0, 0.1) is 0 Å². The van der Waals surface area contributed by atoms with Crippen molar-refractivity contribution < 1.29 is 4.79 Å². The molecule has 4 heteroatoms. The molecule has 1 aromatic heterocycles. The third-order valence-electron chi connectivity index (χ3n) is 2.04. The van der Waals surface area contributed by atoms with Gasteiger partial charge in [-0.2, -0.15) is 0 Å². The second kappa shape index (κ2) is 3.63. The Morgan fingerprint density at radius 1 is 1.50 bits per heavy atom. The maximum absolute atomic E-state index is 11.0. The normalized spacial score (nSPS) is 10.6. The smallest absolute Gasteiger partial charge is 0.152 e. The summed E-state index contributed by atoms with van der Waals surface area (Å²) in [5.41, 5.74) is 6.46. The lowest BCUT2D eigenvalue weighted by Crippen LogP contribution is -1.83. The number of benzene rings is 1. The van der Waals surface area contributed by atoms with Crippen LogP contribution in [0.5, 0.6) is 0 Å². The molecule has 0 amide bonds. The van der Waals surface area contributed by atoms with E-state index in [1.807, 2.05) is 24.5 Å². The highest BCUT2D eigenvalue weighted by Crippen LogP contribution is 2.34. The van der Waals surface area contributed by atoms with Crippen molar-refractivity contribution in [2.45, 2.75) is 4.90 Å². The van der Waals surface area contributed by atoms with Crippen molar-refractivity contribution in [1.82, 2.24) is 0 Å². The summed E-state index contributed by atoms with van der Waals surface area (Å²) in [5, 5.41) is 1.80. The fraction of sp³-hybridized carbons (Fsp3) is 0.100. The molecular formula is C10H9NOS2. The van der Waals surface area contributed by atoms with Crippen LogP contribution in [0.2, 0.25) is 0 Å². The Labute approximate surface area is 90.1 Å². The van der Waals surface area contributed by atoms with Gasteiger partial charge in [0.1, 0.15) is 0 Å². The number of aldehydes is 1. The van der Waals surface area contributed by atoms with E-state index < -0.39 is 0 Å². The minimum absolute atomic E-state index is 0.751. The Morgan fingerprint density at radius 2 is 2.29 bits per heavy atom. The van der Waals surface area contributed by atoms with Gasteiger partial charge in [0, 0.05) is 15.2 Å². The molecule has 0 unspecified atom stereocenters. The fourth-order valence-corrected chi connectivity index (χ4v) is 2.99. The zero-order valence-corrected chi connectivity index (χ0v) is 9.24. The second-order valence-corrected chi connectivity index (χ2v) is 4.80. The molecule has 0 saturated heterocycles. The summed E-state index contributed by atoms with van der Waals surface area (Å²) < 4.78 is 0.990. The first-order valence-electron chi connectivity index (χ1n) is 4.07. The van der Waals surface area contributed by atoms with Crippen molar-refractivity contribution in [3.8, 4) is 0 Å². The van der Waals surface area contributed by atoms with Gasteiger partial charge >= 0.3 is 0 Å². The Kier molecular flexibility index (Phi) is 2.48. The quantitative estimate of drug-likeness (QED) is 0.628. The molecule has 0 aliphatic carbocycles. The molecule has 0 saturated carbocycles. The van der Waals surface area contributed by atoms with Crippen LogP contribution in [-0.4, -0.2) is 12.5 Å². The summed E-state index contributed by atoms with van der Waals surface area (Å²) in [4.78, 5) is 12.0. The molecule has 1 aromatic carbocycles. The molecular weight excluding hydrogens is 214 g/mol. The van der Waals surface area contributed by atoms with E-state index in [4.69, 9.17) is 5.73 Å². The van der Waals surface area contributed by atoms with Gasteiger partial charge in [-0.25, -0.2) is 0 Å². The molecule has 0 fully saturated rings. The van der Waals surface area contributed by atoms with Crippen molar-refractivity contribution >= 4 is 44.5 Å². The lowest BCUT2D eigenvalue weighted by Gasteiger charge is -2.00. The molecule has 72 valence electrons. The Bertz CT molecular complexity index is 490. The van der Waals surface area contributed by atoms with Crippen LogP contribution in [0.15, 0.2) is 23.1 Å². The van der Waals surface area contributed by atoms with Crippen molar-refractivity contribution in [2.75, 3.05) is 12.0 Å². The van der Waals surface area contributed by atoms with Gasteiger partial charge in [-0.1, -0.05) is 6.07 Å². The van der Waals surface area contributed by atoms with Crippen molar-refractivity contribution in [2.24, 2.45) is 0 Å². The zero-order chi connectivity index (χ0) is 10.1. The van der Waals surface area contributed by atoms with E-state index in [0.717, 1.165) is 31.8 Å². The standard InChI is InChI=1S/C10H9NOS2/c1-13-8-3-2-6-4-9(11)14-10(6)7(8)5-12/h2-5H,11H2,1H3. The average Bonchev–Trinajstić information content (AvgIpc) is 2.56. The molecule has 2 N–H and O–H groups in total. The predicted molar refractivity (Wildman–Crippen MR) is 63.4 cm³/mol. The molecule has 0 spiro atoms. The number of thiophene rings is 1. The van der Waals surface area contributed by atoms with Crippen LogP contribution in [0.3, 0.4) is 0 Å². The molecule has 2 aromatic rings. The maximum Gasteiger partial charge on any atom is 0.152 e. The first-order valence-corrected chi connectivity index (χ1v) is 6.11. The van der Waals surface area contributed by atoms with E-state index in [1.165, 1.54) is 11.3 Å². The number of anilines is 1. The highest BCUT2D eigenvalue weighted by atomic mass is 32.2. The molecule has 0 atom stereocenters. The third kappa shape index (κ3) is 1.40. The van der Waals surface area contributed by atoms with Crippen LogP contribution in [0.4, 0.5) is 5.00 Å². The summed E-state index contributed by atoms with van der Waals surface area (Å²) in [5.74, 6) is 0. The third-order valence-corrected chi connectivity index (χ3v) is 3.85. The molecule has 2 nitrogen and oxygen atoms in total. The van der Waals surface area contributed by atoms with Gasteiger partial charge in [0.2, 0.25) is 0 Å². The first kappa shape index (κ1) is 9.55. The van der Waals surface area contributed by atoms with Gasteiger partial charge in [-0.05, 0) is 23.8 Å². The number of hydrogen-bond acceptors (Lipinski definition) is 4. The minimum atomic E-state index is 0.751. The largest absolute Gasteiger partial charge is 0.391 e. The van der Waals surface area contributed by atoms with Gasteiger partial charge in [0.15, 0.2) is 6.29 Å². The zero-order valence-electron chi connectivity index (χ0n) is 7.61. The molecule has 2 rings (SSSR count). The van der Waals surface area contributed by atoms with Crippen LogP contribution in [-0.2, 0) is 0 Å². The first-order chi connectivity index (χ1) is 6.76. The topological polar surface area (TPSA) is 43.1 Å². The monoisotopic (exact) mass is 223 g/mol. The number of fused-ring (bicyclic) bond motifs is 1. The van der Waals surface area contributed by atoms with Gasteiger partial charge in [-0.3, -0.25) is 4.79 Å². The number of thioether (sulfide) groups is 1. The summed E-state index contributed by atoms with van der Waals surface area (Å²) >= 11 is 3.04. The summed E-state index contributed by atoms with van der Waals surface area (Å²) in [7, 11) is 0. The van der Waals surface area contributed by atoms with E-state index in [0.29, 0.717) is 0 Å². The van der Waals surface area contributed by atoms with Gasteiger partial charge in [0.25, 0.3) is 0 Å². The molecule has 0 aliphatic rings. The molecule has 1 heterocycles. The molecule has 14 heavy (non-hydrogen) atoms. The molecule has 0 bridgehead atoms. The van der Waals surface area contributed by atoms with E-state index >= 15 is 0 Å². The van der Waals surface area contributed by atoms with Gasteiger partial charge in [-0.15, -0.1) is 23.1 Å². The van der Waals surface area contributed by atoms with E-state index in [1.54, 1.807) is 11.8 Å². The van der Waals surface area contributed by atoms with Gasteiger partial charge in [0.05, 0.1) is 5.00 Å². The number of nitrogen functional groups attached to an aromatic ring is 1. The van der Waals surface area contributed by atoms with Crippen LogP contribution in [0.25, 0.3) is 10.1 Å². The lowest BCUT2D eigenvalue weighted by molar-refractivity contribution is 0.112. The lowest BCUT2D eigenvalue weighted by atomic mass is 10.2. The SMILES string of the molecule is CSc1ccc2cc(N)sc2c1C=O. The predicted octanol–water partition coefficient (Wildman–Crippen LogP) is 3.02. The van der Waals surface area contributed by atoms with Gasteiger partial charge < -0.3 is 5.73 Å². The van der Waals surface area contributed by atoms with Crippen LogP contribution in [0.1, 0.15) is 10.4 Å². The highest BCUT2D eigenvalue weighted by molar-refractivity contribution is 7.98. The van der Waals surface area contributed by atoms with Crippen molar-refractivity contribution in [3.63, 3.8) is 0 Å².